The van der Waals surface area contributed by atoms with E-state index in [0.717, 1.165) is 24.6 Å². The highest BCUT2D eigenvalue weighted by Crippen LogP contribution is 2.40. The van der Waals surface area contributed by atoms with E-state index >= 15 is 0 Å². The number of carbonyl (C=O) groups is 2. The summed E-state index contributed by atoms with van der Waals surface area (Å²) in [6.45, 7) is 6.46. The zero-order chi connectivity index (χ0) is 20.4. The number of carbonyl (C=O) groups excluding carboxylic acids is 2. The molecule has 0 aromatic heterocycles. The number of aliphatic imine (C=N–C) groups is 1. The predicted octanol–water partition coefficient (Wildman–Crippen LogP) is 2.55. The first-order chi connectivity index (χ1) is 13.5. The molecule has 2 amide bonds. The number of primary amides is 1. The molecule has 0 aliphatic heterocycles. The van der Waals surface area contributed by atoms with Crippen LogP contribution >= 0.6 is 24.0 Å². The molecule has 1 aliphatic carbocycles. The number of nitrogens with zero attached hydrogens (tertiary/aromatic N) is 1. The van der Waals surface area contributed by atoms with Crippen LogP contribution in [0.25, 0.3) is 0 Å². The molecule has 1 saturated carbocycles. The van der Waals surface area contributed by atoms with Crippen molar-refractivity contribution in [1.29, 1.82) is 0 Å². The number of nitrogens with one attached hydrogen (secondary N) is 3. The molecule has 0 bridgehead atoms. The van der Waals surface area contributed by atoms with Gasteiger partial charge in [0.05, 0.1) is 13.1 Å². The second-order valence-electron chi connectivity index (χ2n) is 7.46. The van der Waals surface area contributed by atoms with Crippen LogP contribution in [0.4, 0.5) is 0 Å². The van der Waals surface area contributed by atoms with Crippen molar-refractivity contribution in [1.82, 2.24) is 16.0 Å². The number of benzene rings is 1. The van der Waals surface area contributed by atoms with Gasteiger partial charge in [-0.05, 0) is 49.3 Å². The fourth-order valence-corrected chi connectivity index (χ4v) is 3.59. The lowest BCUT2D eigenvalue weighted by Gasteiger charge is -2.28. The van der Waals surface area contributed by atoms with Gasteiger partial charge in [0.1, 0.15) is 0 Å². The van der Waals surface area contributed by atoms with Crippen LogP contribution in [0.2, 0.25) is 0 Å². The monoisotopic (exact) mass is 515 g/mol. The van der Waals surface area contributed by atoms with Crippen molar-refractivity contribution in [2.75, 3.05) is 19.6 Å². The number of amides is 2. The van der Waals surface area contributed by atoms with E-state index in [9.17, 15) is 9.59 Å². The summed E-state index contributed by atoms with van der Waals surface area (Å²) in [6.07, 6.45) is 6.41. The smallest absolute Gasteiger partial charge is 0.251 e. The van der Waals surface area contributed by atoms with Gasteiger partial charge in [-0.15, -0.1) is 24.0 Å². The maximum absolute atomic E-state index is 11.9. The van der Waals surface area contributed by atoms with E-state index in [1.807, 2.05) is 12.1 Å². The summed E-state index contributed by atoms with van der Waals surface area (Å²) in [5.74, 6) is -0.0546. The predicted molar refractivity (Wildman–Crippen MR) is 127 cm³/mol. The molecule has 0 heterocycles. The van der Waals surface area contributed by atoms with E-state index in [2.05, 4.69) is 34.8 Å². The van der Waals surface area contributed by atoms with Crippen molar-refractivity contribution in [3.8, 4) is 0 Å². The lowest BCUT2D eigenvalue weighted by molar-refractivity contribution is -0.117. The molecule has 1 aromatic carbocycles. The van der Waals surface area contributed by atoms with Gasteiger partial charge in [0.2, 0.25) is 5.91 Å². The molecule has 7 nitrogen and oxygen atoms in total. The van der Waals surface area contributed by atoms with Gasteiger partial charge in [0.15, 0.2) is 5.96 Å². The molecule has 1 aromatic rings. The average Bonchev–Trinajstić information content (AvgIpc) is 3.18. The minimum Gasteiger partial charge on any atom is -0.368 e. The van der Waals surface area contributed by atoms with Gasteiger partial charge in [-0.1, -0.05) is 31.9 Å². The summed E-state index contributed by atoms with van der Waals surface area (Å²) in [5, 5.41) is 9.29. The second kappa shape index (κ2) is 12.7. The van der Waals surface area contributed by atoms with Crippen LogP contribution in [-0.4, -0.2) is 37.4 Å². The van der Waals surface area contributed by atoms with Gasteiger partial charge < -0.3 is 21.7 Å². The molecule has 0 radical (unpaired) electrons. The Labute approximate surface area is 190 Å². The molecular formula is C21H34IN5O2. The van der Waals surface area contributed by atoms with Crippen molar-refractivity contribution in [3.63, 3.8) is 0 Å². The third-order valence-electron chi connectivity index (χ3n) is 5.45. The van der Waals surface area contributed by atoms with E-state index in [-0.39, 0.29) is 36.4 Å². The molecule has 29 heavy (non-hydrogen) atoms. The Balaban J connectivity index is 0.00000420. The van der Waals surface area contributed by atoms with Gasteiger partial charge in [-0.25, -0.2) is 4.99 Å². The quantitative estimate of drug-likeness (QED) is 0.230. The van der Waals surface area contributed by atoms with E-state index in [0.29, 0.717) is 17.5 Å². The Kier molecular flexibility index (Phi) is 11.0. The molecule has 0 atom stereocenters. The van der Waals surface area contributed by atoms with E-state index in [4.69, 9.17) is 5.73 Å². The normalized spacial score (nSPS) is 15.3. The molecule has 0 saturated heterocycles. The van der Waals surface area contributed by atoms with Gasteiger partial charge in [-0.3, -0.25) is 9.59 Å². The van der Waals surface area contributed by atoms with Crippen LogP contribution in [0.1, 0.15) is 61.9 Å². The van der Waals surface area contributed by atoms with Crippen molar-refractivity contribution < 1.29 is 9.59 Å². The number of hydrogen-bond acceptors (Lipinski definition) is 3. The van der Waals surface area contributed by atoms with Crippen LogP contribution in [0.15, 0.2) is 29.3 Å². The van der Waals surface area contributed by atoms with Crippen LogP contribution < -0.4 is 21.7 Å². The van der Waals surface area contributed by atoms with Gasteiger partial charge in [0, 0.05) is 18.7 Å². The fourth-order valence-electron chi connectivity index (χ4n) is 3.59. The maximum atomic E-state index is 11.9. The lowest BCUT2D eigenvalue weighted by Crippen LogP contribution is -2.42. The SMILES string of the molecule is CCNC(=NCc1ccc(C(=O)NCC(N)=O)cc1)NCC1(CC)CCCC1.I. The molecule has 0 unspecified atom stereocenters. The number of nitrogens with two attached hydrogens (primary N) is 1. The van der Waals surface area contributed by atoms with Crippen molar-refractivity contribution in [2.45, 2.75) is 52.5 Å². The summed E-state index contributed by atoms with van der Waals surface area (Å²) in [6, 6.07) is 7.20. The molecule has 2 rings (SSSR count). The number of guanidine groups is 1. The van der Waals surface area contributed by atoms with Crippen LogP contribution in [0.5, 0.6) is 0 Å². The Morgan fingerprint density at radius 3 is 2.28 bits per heavy atom. The van der Waals surface area contributed by atoms with Gasteiger partial charge >= 0.3 is 0 Å². The summed E-state index contributed by atoms with van der Waals surface area (Å²) in [5.41, 5.74) is 6.94. The summed E-state index contributed by atoms with van der Waals surface area (Å²) >= 11 is 0. The van der Waals surface area contributed by atoms with Crippen LogP contribution in [0.3, 0.4) is 0 Å². The van der Waals surface area contributed by atoms with Crippen molar-refractivity contribution >= 4 is 41.8 Å². The van der Waals surface area contributed by atoms with E-state index < -0.39 is 5.91 Å². The minimum atomic E-state index is -0.565. The standard InChI is InChI=1S/C21H33N5O2.HI/c1-3-21(11-5-6-12-21)15-26-20(23-4-2)25-13-16-7-9-17(10-8-16)19(28)24-14-18(22)27;/h7-10H,3-6,11-15H2,1-2H3,(H2,22,27)(H,24,28)(H2,23,25,26);1H. The van der Waals surface area contributed by atoms with E-state index in [1.165, 1.54) is 32.1 Å². The highest BCUT2D eigenvalue weighted by molar-refractivity contribution is 14.0. The maximum Gasteiger partial charge on any atom is 0.251 e. The summed E-state index contributed by atoms with van der Waals surface area (Å²) < 4.78 is 0. The first-order valence-corrected chi connectivity index (χ1v) is 10.2. The van der Waals surface area contributed by atoms with Crippen LogP contribution in [-0.2, 0) is 11.3 Å². The highest BCUT2D eigenvalue weighted by Gasteiger charge is 2.31. The van der Waals surface area contributed by atoms with Crippen molar-refractivity contribution in [2.24, 2.45) is 16.1 Å². The second-order valence-corrected chi connectivity index (χ2v) is 7.46. The molecule has 1 aliphatic rings. The molecule has 5 N–H and O–H groups in total. The summed E-state index contributed by atoms with van der Waals surface area (Å²) in [7, 11) is 0. The van der Waals surface area contributed by atoms with Crippen molar-refractivity contribution in [3.05, 3.63) is 35.4 Å². The molecule has 8 heteroatoms. The minimum absolute atomic E-state index is 0. The van der Waals surface area contributed by atoms with Crippen LogP contribution in [0, 0.1) is 5.41 Å². The molecular weight excluding hydrogens is 481 g/mol. The first-order valence-electron chi connectivity index (χ1n) is 10.2. The Hall–Kier alpha value is -1.84. The number of hydrogen-bond donors (Lipinski definition) is 4. The zero-order valence-corrected chi connectivity index (χ0v) is 19.8. The molecule has 0 spiro atoms. The third kappa shape index (κ3) is 8.20. The number of rotatable bonds is 9. The third-order valence-corrected chi connectivity index (χ3v) is 5.45. The molecule has 1 fully saturated rings. The van der Waals surface area contributed by atoms with E-state index in [1.54, 1.807) is 12.1 Å². The highest BCUT2D eigenvalue weighted by atomic mass is 127. The Bertz CT molecular complexity index is 685. The fraction of sp³-hybridized carbons (Fsp3) is 0.571. The molecule has 162 valence electrons. The largest absolute Gasteiger partial charge is 0.368 e. The van der Waals surface area contributed by atoms with Gasteiger partial charge in [0.25, 0.3) is 5.91 Å². The lowest BCUT2D eigenvalue weighted by atomic mass is 9.83. The Morgan fingerprint density at radius 1 is 1.07 bits per heavy atom. The first kappa shape index (κ1) is 25.2. The topological polar surface area (TPSA) is 109 Å². The number of halogens is 1. The Morgan fingerprint density at radius 2 is 1.72 bits per heavy atom. The zero-order valence-electron chi connectivity index (χ0n) is 17.4. The average molecular weight is 515 g/mol. The van der Waals surface area contributed by atoms with Gasteiger partial charge in [-0.2, -0.15) is 0 Å². The summed E-state index contributed by atoms with van der Waals surface area (Å²) in [4.78, 5) is 27.3.